The zero-order chi connectivity index (χ0) is 30.0. The lowest BCUT2D eigenvalue weighted by Crippen LogP contribution is -2.32. The van der Waals surface area contributed by atoms with Crippen molar-refractivity contribution >= 4 is 80.1 Å². The van der Waals surface area contributed by atoms with Crippen LogP contribution in [0.15, 0.2) is 127 Å². The lowest BCUT2D eigenvalue weighted by molar-refractivity contribution is 0.327. The molecule has 2 bridgehead atoms. The van der Waals surface area contributed by atoms with E-state index in [2.05, 4.69) is 132 Å². The smallest absolute Gasteiger partial charge is 0.0476 e. The molecule has 1 nitrogen and oxygen atoms in total. The predicted octanol–water partition coefficient (Wildman–Crippen LogP) is 13.0. The Morgan fingerprint density at radius 2 is 1.13 bits per heavy atom. The van der Waals surface area contributed by atoms with Gasteiger partial charge < -0.3 is 4.90 Å². The summed E-state index contributed by atoms with van der Waals surface area (Å²) in [6.45, 7) is 0. The van der Waals surface area contributed by atoms with E-state index < -0.39 is 0 Å². The largest absolute Gasteiger partial charge is 0.310 e. The summed E-state index contributed by atoms with van der Waals surface area (Å²) in [5, 5.41) is 5.37. The van der Waals surface area contributed by atoms with Crippen molar-refractivity contribution in [1.82, 2.24) is 0 Å². The fourth-order valence-corrected chi connectivity index (χ4v) is 11.9. The van der Waals surface area contributed by atoms with E-state index in [1.54, 1.807) is 11.1 Å². The molecule has 0 N–H and O–H groups in total. The first kappa shape index (κ1) is 25.7. The maximum absolute atomic E-state index is 2.58. The normalized spacial score (nSPS) is 21.2. The van der Waals surface area contributed by atoms with Crippen LogP contribution in [0.2, 0.25) is 0 Å². The second kappa shape index (κ2) is 9.31. The van der Waals surface area contributed by atoms with Crippen molar-refractivity contribution < 1.29 is 0 Å². The minimum atomic E-state index is 0.152. The molecule has 3 aliphatic carbocycles. The van der Waals surface area contributed by atoms with Gasteiger partial charge in [-0.1, -0.05) is 79.2 Å². The molecule has 3 aliphatic rings. The Morgan fingerprint density at radius 3 is 1.96 bits per heavy atom. The molecule has 8 aromatic rings. The van der Waals surface area contributed by atoms with Crippen molar-refractivity contribution in [2.45, 2.75) is 31.1 Å². The van der Waals surface area contributed by atoms with Gasteiger partial charge in [-0.2, -0.15) is 0 Å². The van der Waals surface area contributed by atoms with Crippen LogP contribution in [-0.4, -0.2) is 0 Å². The Kier molecular flexibility index (Phi) is 5.21. The minimum absolute atomic E-state index is 0.152. The van der Waals surface area contributed by atoms with Gasteiger partial charge in [-0.3, -0.25) is 0 Å². The highest BCUT2D eigenvalue weighted by molar-refractivity contribution is 7.26. The van der Waals surface area contributed by atoms with E-state index >= 15 is 0 Å². The molecule has 11 rings (SSSR count). The van der Waals surface area contributed by atoms with E-state index in [1.165, 1.54) is 94.2 Å². The quantitative estimate of drug-likeness (QED) is 0.189. The predicted molar refractivity (Wildman–Crippen MR) is 199 cm³/mol. The van der Waals surface area contributed by atoms with E-state index in [-0.39, 0.29) is 5.41 Å². The van der Waals surface area contributed by atoms with Crippen LogP contribution in [0.1, 0.15) is 36.8 Å². The fraction of sp³-hybridized carbons (Fsp3) is 0.163. The maximum Gasteiger partial charge on any atom is 0.0476 e. The average Bonchev–Trinajstić information content (AvgIpc) is 3.92. The van der Waals surface area contributed by atoms with Crippen molar-refractivity contribution in [2.24, 2.45) is 11.8 Å². The summed E-state index contributed by atoms with van der Waals surface area (Å²) in [5.41, 5.74) is 9.90. The van der Waals surface area contributed by atoms with Gasteiger partial charge in [-0.25, -0.2) is 0 Å². The number of hydrogen-bond acceptors (Lipinski definition) is 3. The van der Waals surface area contributed by atoms with Gasteiger partial charge in [0.15, 0.2) is 0 Å². The molecule has 0 aliphatic heterocycles. The molecule has 1 spiro atoms. The highest BCUT2D eigenvalue weighted by atomic mass is 32.1. The number of thiophene rings is 2. The van der Waals surface area contributed by atoms with Crippen LogP contribution in [0, 0.1) is 11.8 Å². The van der Waals surface area contributed by atoms with Gasteiger partial charge in [-0.05, 0) is 108 Å². The second-order valence-corrected chi connectivity index (χ2v) is 15.9. The Balaban J connectivity index is 1.15. The zero-order valence-electron chi connectivity index (χ0n) is 25.4. The highest BCUT2D eigenvalue weighted by Gasteiger charge is 2.56. The van der Waals surface area contributed by atoms with E-state index in [0.717, 1.165) is 11.8 Å². The number of nitrogens with zero attached hydrogens (tertiary/aromatic N) is 1. The highest BCUT2D eigenvalue weighted by Crippen LogP contribution is 2.66. The molecule has 0 saturated heterocycles. The van der Waals surface area contributed by atoms with Crippen molar-refractivity contribution in [3.05, 3.63) is 139 Å². The van der Waals surface area contributed by atoms with Crippen molar-refractivity contribution in [1.29, 1.82) is 0 Å². The third-order valence-corrected chi connectivity index (χ3v) is 13.8. The van der Waals surface area contributed by atoms with Crippen molar-refractivity contribution in [3.8, 4) is 11.1 Å². The number of benzene rings is 6. The van der Waals surface area contributed by atoms with Crippen LogP contribution >= 0.6 is 22.7 Å². The number of fused-ring (bicyclic) bond motifs is 14. The molecule has 2 heterocycles. The van der Waals surface area contributed by atoms with Gasteiger partial charge in [-0.15, -0.1) is 22.7 Å². The average molecular weight is 626 g/mol. The molecule has 46 heavy (non-hydrogen) atoms. The summed E-state index contributed by atoms with van der Waals surface area (Å²) in [4.78, 5) is 2.53. The fourth-order valence-electron chi connectivity index (χ4n) is 9.67. The van der Waals surface area contributed by atoms with Crippen LogP contribution in [0.4, 0.5) is 17.1 Å². The van der Waals surface area contributed by atoms with Crippen LogP contribution < -0.4 is 4.90 Å². The summed E-state index contributed by atoms with van der Waals surface area (Å²) in [6, 6.07) is 48.6. The Bertz CT molecular complexity index is 2530. The topological polar surface area (TPSA) is 3.24 Å². The molecule has 0 radical (unpaired) electrons. The van der Waals surface area contributed by atoms with E-state index in [4.69, 9.17) is 0 Å². The Morgan fingerprint density at radius 1 is 0.500 bits per heavy atom. The van der Waals surface area contributed by atoms with Gasteiger partial charge in [0.25, 0.3) is 0 Å². The Hall–Kier alpha value is -4.44. The molecule has 3 atom stereocenters. The molecule has 3 heteroatoms. The van der Waals surface area contributed by atoms with Gasteiger partial charge in [0.1, 0.15) is 0 Å². The van der Waals surface area contributed by atoms with E-state index in [9.17, 15) is 0 Å². The number of anilines is 3. The van der Waals surface area contributed by atoms with Crippen molar-refractivity contribution in [3.63, 3.8) is 0 Å². The number of rotatable bonds is 3. The first-order chi connectivity index (χ1) is 22.7. The van der Waals surface area contributed by atoms with Gasteiger partial charge >= 0.3 is 0 Å². The minimum Gasteiger partial charge on any atom is -0.310 e. The van der Waals surface area contributed by atoms with Crippen LogP contribution in [0.5, 0.6) is 0 Å². The molecular weight excluding hydrogens is 595 g/mol. The molecule has 2 aromatic heterocycles. The monoisotopic (exact) mass is 625 g/mol. The van der Waals surface area contributed by atoms with Gasteiger partial charge in [0.2, 0.25) is 0 Å². The summed E-state index contributed by atoms with van der Waals surface area (Å²) < 4.78 is 5.38. The first-order valence-corrected chi connectivity index (χ1v) is 18.2. The molecule has 2 saturated carbocycles. The SMILES string of the molecule is c1ccc2c(c1)-c1ccc(N(c3ccc4c(c3)sc3ccccc34)c3ccc4sc5ccccc5c4c3)cc1C21CC2CCC1C2. The molecule has 0 amide bonds. The summed E-state index contributed by atoms with van der Waals surface area (Å²) in [7, 11) is 0. The number of hydrogen-bond donors (Lipinski definition) is 0. The van der Waals surface area contributed by atoms with Gasteiger partial charge in [0.05, 0.1) is 0 Å². The van der Waals surface area contributed by atoms with E-state index in [0.29, 0.717) is 0 Å². The second-order valence-electron chi connectivity index (χ2n) is 13.7. The first-order valence-electron chi connectivity index (χ1n) is 16.6. The zero-order valence-corrected chi connectivity index (χ0v) is 27.0. The lowest BCUT2D eigenvalue weighted by atomic mass is 9.67. The standard InChI is InChI=1S/C43H31NS2/c1-4-10-37-31(7-1)32-18-15-29(23-38(32)43(37)25-26-13-14-27(43)21-26)44(28-17-20-41-36(22-28)34-9-3-6-12-40(34)45-41)30-16-19-35-33-8-2-5-11-39(33)46-42(35)24-30/h1-12,15-20,22-24,26-27H,13-14,21,25H2. The summed E-state index contributed by atoms with van der Waals surface area (Å²) in [6.07, 6.45) is 5.44. The molecule has 2 fully saturated rings. The lowest BCUT2D eigenvalue weighted by Gasteiger charge is -2.37. The van der Waals surface area contributed by atoms with Crippen molar-refractivity contribution in [2.75, 3.05) is 4.90 Å². The third-order valence-electron chi connectivity index (χ3n) is 11.5. The summed E-state index contributed by atoms with van der Waals surface area (Å²) >= 11 is 3.79. The maximum atomic E-state index is 2.58. The Labute approximate surface area is 276 Å². The molecular formula is C43H31NS2. The van der Waals surface area contributed by atoms with Crippen LogP contribution in [-0.2, 0) is 5.41 Å². The molecule has 6 aromatic carbocycles. The molecule has 3 unspecified atom stereocenters. The molecule has 220 valence electrons. The van der Waals surface area contributed by atoms with Gasteiger partial charge in [0, 0.05) is 62.8 Å². The van der Waals surface area contributed by atoms with E-state index in [1.807, 2.05) is 22.7 Å². The van der Waals surface area contributed by atoms with Crippen LogP contribution in [0.3, 0.4) is 0 Å². The third kappa shape index (κ3) is 3.40. The van der Waals surface area contributed by atoms with Crippen LogP contribution in [0.25, 0.3) is 51.5 Å². The summed E-state index contributed by atoms with van der Waals surface area (Å²) in [5.74, 6) is 1.60.